The highest BCUT2D eigenvalue weighted by atomic mass is 32.2. The Kier molecular flexibility index (Phi) is 6.06. The van der Waals surface area contributed by atoms with Crippen LogP contribution in [0.25, 0.3) is 11.3 Å². The van der Waals surface area contributed by atoms with Crippen LogP contribution in [0.5, 0.6) is 5.75 Å². The van der Waals surface area contributed by atoms with E-state index in [2.05, 4.69) is 31.8 Å². The fraction of sp³-hybridized carbons (Fsp3) is 0.273. The van der Waals surface area contributed by atoms with Crippen molar-refractivity contribution in [1.82, 2.24) is 15.1 Å². The average molecular weight is 440 g/mol. The maximum absolute atomic E-state index is 12.6. The van der Waals surface area contributed by atoms with E-state index >= 15 is 0 Å². The van der Waals surface area contributed by atoms with E-state index in [9.17, 15) is 8.42 Å². The summed E-state index contributed by atoms with van der Waals surface area (Å²) < 4.78 is 32.8. The van der Waals surface area contributed by atoms with E-state index in [0.29, 0.717) is 11.4 Å². The van der Waals surface area contributed by atoms with E-state index in [4.69, 9.17) is 4.74 Å². The molecule has 1 saturated heterocycles. The first-order valence-corrected chi connectivity index (χ1v) is 11.5. The quantitative estimate of drug-likeness (QED) is 0.632. The van der Waals surface area contributed by atoms with Crippen molar-refractivity contribution in [3.8, 4) is 17.0 Å². The number of rotatable bonds is 6. The lowest BCUT2D eigenvalue weighted by Gasteiger charge is -2.32. The minimum atomic E-state index is -3.68. The highest BCUT2D eigenvalue weighted by Gasteiger charge is 2.16. The van der Waals surface area contributed by atoms with Gasteiger partial charge >= 0.3 is 0 Å². The van der Waals surface area contributed by atoms with Gasteiger partial charge in [-0.25, -0.2) is 8.42 Å². The molecule has 162 valence electrons. The molecule has 31 heavy (non-hydrogen) atoms. The van der Waals surface area contributed by atoms with Crippen LogP contribution in [0.3, 0.4) is 0 Å². The van der Waals surface area contributed by atoms with Crippen LogP contribution >= 0.6 is 0 Å². The van der Waals surface area contributed by atoms with Gasteiger partial charge in [0.25, 0.3) is 10.0 Å². The number of nitrogens with zero attached hydrogens (tertiary/aromatic N) is 4. The van der Waals surface area contributed by atoms with Crippen LogP contribution in [0.4, 0.5) is 11.5 Å². The van der Waals surface area contributed by atoms with Crippen LogP contribution in [-0.2, 0) is 10.0 Å². The minimum Gasteiger partial charge on any atom is -0.497 e. The lowest BCUT2D eigenvalue weighted by molar-refractivity contribution is 0.312. The van der Waals surface area contributed by atoms with Crippen LogP contribution in [0, 0.1) is 0 Å². The normalized spacial score (nSPS) is 15.0. The number of piperazine rings is 1. The lowest BCUT2D eigenvalue weighted by Crippen LogP contribution is -2.44. The molecule has 1 aliphatic heterocycles. The molecule has 3 aromatic rings. The first-order valence-electron chi connectivity index (χ1n) is 9.99. The Morgan fingerprint density at radius 3 is 2.13 bits per heavy atom. The summed E-state index contributed by atoms with van der Waals surface area (Å²) in [7, 11) is -0.0270. The molecule has 0 spiro atoms. The fourth-order valence-electron chi connectivity index (χ4n) is 3.36. The first kappa shape index (κ1) is 21.1. The second-order valence-electron chi connectivity index (χ2n) is 7.43. The maximum atomic E-state index is 12.6. The molecular weight excluding hydrogens is 414 g/mol. The summed E-state index contributed by atoms with van der Waals surface area (Å²) in [5.41, 5.74) is 2.08. The Morgan fingerprint density at radius 2 is 1.55 bits per heavy atom. The van der Waals surface area contributed by atoms with Gasteiger partial charge in [0.1, 0.15) is 5.75 Å². The third-order valence-corrected chi connectivity index (χ3v) is 6.68. The van der Waals surface area contributed by atoms with Gasteiger partial charge in [-0.15, -0.1) is 10.2 Å². The zero-order valence-electron chi connectivity index (χ0n) is 17.5. The molecular formula is C22H25N5O3S. The van der Waals surface area contributed by atoms with Crippen molar-refractivity contribution in [2.24, 2.45) is 0 Å². The Morgan fingerprint density at radius 1 is 0.871 bits per heavy atom. The second-order valence-corrected chi connectivity index (χ2v) is 9.11. The number of aromatic nitrogens is 2. The molecule has 0 amide bonds. The summed E-state index contributed by atoms with van der Waals surface area (Å²) in [6.07, 6.45) is 0. The predicted molar refractivity (Wildman–Crippen MR) is 121 cm³/mol. The summed E-state index contributed by atoms with van der Waals surface area (Å²) >= 11 is 0. The molecule has 1 fully saturated rings. The molecule has 2 aromatic carbocycles. The Hall–Kier alpha value is -3.17. The summed E-state index contributed by atoms with van der Waals surface area (Å²) in [6.45, 7) is 3.90. The fourth-order valence-corrected chi connectivity index (χ4v) is 4.42. The topological polar surface area (TPSA) is 87.7 Å². The van der Waals surface area contributed by atoms with Gasteiger partial charge in [0, 0.05) is 37.4 Å². The number of hydrogen-bond acceptors (Lipinski definition) is 7. The van der Waals surface area contributed by atoms with Gasteiger partial charge in [0.15, 0.2) is 5.82 Å². The monoisotopic (exact) mass is 439 g/mol. The lowest BCUT2D eigenvalue weighted by atomic mass is 10.1. The molecule has 2 heterocycles. The van der Waals surface area contributed by atoms with Gasteiger partial charge in [-0.05, 0) is 55.6 Å². The Balaban J connectivity index is 1.44. The van der Waals surface area contributed by atoms with Crippen molar-refractivity contribution in [1.29, 1.82) is 0 Å². The van der Waals surface area contributed by atoms with Crippen molar-refractivity contribution >= 4 is 21.5 Å². The van der Waals surface area contributed by atoms with Crippen molar-refractivity contribution < 1.29 is 13.2 Å². The predicted octanol–water partition coefficient (Wildman–Crippen LogP) is 2.70. The van der Waals surface area contributed by atoms with Crippen LogP contribution < -0.4 is 14.4 Å². The Bertz CT molecular complexity index is 1110. The number of anilines is 2. The number of methoxy groups -OCH3 is 1. The molecule has 0 saturated carbocycles. The number of hydrogen-bond donors (Lipinski definition) is 1. The van der Waals surface area contributed by atoms with E-state index < -0.39 is 10.0 Å². The van der Waals surface area contributed by atoms with E-state index in [0.717, 1.165) is 43.3 Å². The van der Waals surface area contributed by atoms with Crippen LogP contribution in [0.1, 0.15) is 0 Å². The molecule has 4 rings (SSSR count). The van der Waals surface area contributed by atoms with E-state index in [1.165, 1.54) is 19.2 Å². The third kappa shape index (κ3) is 4.95. The molecule has 0 atom stereocenters. The molecule has 1 aliphatic rings. The Labute approximate surface area is 182 Å². The van der Waals surface area contributed by atoms with Crippen LogP contribution in [0.15, 0.2) is 65.6 Å². The molecule has 0 unspecified atom stereocenters. The first-order chi connectivity index (χ1) is 14.9. The van der Waals surface area contributed by atoms with Crippen molar-refractivity contribution in [3.05, 3.63) is 60.7 Å². The maximum Gasteiger partial charge on any atom is 0.261 e. The van der Waals surface area contributed by atoms with E-state index in [1.54, 1.807) is 24.3 Å². The summed E-state index contributed by atoms with van der Waals surface area (Å²) in [4.78, 5) is 4.69. The summed E-state index contributed by atoms with van der Waals surface area (Å²) in [5, 5.41) is 8.73. The van der Waals surface area contributed by atoms with Gasteiger partial charge in [-0.3, -0.25) is 4.72 Å². The largest absolute Gasteiger partial charge is 0.497 e. The number of nitrogens with one attached hydrogen (secondary N) is 1. The zero-order chi connectivity index (χ0) is 21.8. The molecule has 8 nitrogen and oxygen atoms in total. The number of likely N-dealkylation sites (N-methyl/N-ethyl adjacent to an activating group) is 1. The van der Waals surface area contributed by atoms with Gasteiger partial charge < -0.3 is 14.5 Å². The van der Waals surface area contributed by atoms with Gasteiger partial charge in [0.05, 0.1) is 17.7 Å². The minimum absolute atomic E-state index is 0.169. The SMILES string of the molecule is COc1ccc(S(=O)(=O)Nc2ccc(-c3ccc(N4CCN(C)CC4)nn3)cc2)cc1. The zero-order valence-corrected chi connectivity index (χ0v) is 18.3. The molecule has 9 heteroatoms. The van der Waals surface area contributed by atoms with E-state index in [1.807, 2.05) is 24.3 Å². The van der Waals surface area contributed by atoms with Crippen molar-refractivity contribution in [2.45, 2.75) is 4.90 Å². The van der Waals surface area contributed by atoms with E-state index in [-0.39, 0.29) is 4.90 Å². The second kappa shape index (κ2) is 8.91. The highest BCUT2D eigenvalue weighted by molar-refractivity contribution is 7.92. The highest BCUT2D eigenvalue weighted by Crippen LogP contribution is 2.23. The van der Waals surface area contributed by atoms with Crippen molar-refractivity contribution in [2.75, 3.05) is 50.0 Å². The van der Waals surface area contributed by atoms with Gasteiger partial charge in [0.2, 0.25) is 0 Å². The third-order valence-electron chi connectivity index (χ3n) is 5.28. The number of benzene rings is 2. The van der Waals surface area contributed by atoms with Crippen molar-refractivity contribution in [3.63, 3.8) is 0 Å². The molecule has 1 N–H and O–H groups in total. The summed E-state index contributed by atoms with van der Waals surface area (Å²) in [5.74, 6) is 1.48. The summed E-state index contributed by atoms with van der Waals surface area (Å²) in [6, 6.07) is 17.2. The number of sulfonamides is 1. The standard InChI is InChI=1S/C22H25N5O3S/c1-26-13-15-27(16-14-26)22-12-11-21(23-24-22)17-3-5-18(6-4-17)25-31(28,29)20-9-7-19(30-2)8-10-20/h3-12,25H,13-16H2,1-2H3. The number of ether oxygens (including phenoxy) is 1. The molecule has 0 radical (unpaired) electrons. The van der Waals surface area contributed by atoms with Gasteiger partial charge in [-0.1, -0.05) is 12.1 Å². The smallest absolute Gasteiger partial charge is 0.261 e. The van der Waals surface area contributed by atoms with Crippen LogP contribution in [0.2, 0.25) is 0 Å². The molecule has 0 bridgehead atoms. The molecule has 1 aromatic heterocycles. The van der Waals surface area contributed by atoms with Gasteiger partial charge in [-0.2, -0.15) is 0 Å². The van der Waals surface area contributed by atoms with Crippen LogP contribution in [-0.4, -0.2) is 63.9 Å². The average Bonchev–Trinajstić information content (AvgIpc) is 2.80. The molecule has 0 aliphatic carbocycles.